The second-order valence-electron chi connectivity index (χ2n) is 2.95. The van der Waals surface area contributed by atoms with Crippen molar-refractivity contribution in [1.82, 2.24) is 9.97 Å². The molecule has 1 N–H and O–H groups in total. The highest BCUT2D eigenvalue weighted by Gasteiger charge is 2.11. The molecule has 0 radical (unpaired) electrons. The first-order chi connectivity index (χ1) is 7.70. The fourth-order valence-electron chi connectivity index (χ4n) is 1.23. The Morgan fingerprint density at radius 3 is 3.00 bits per heavy atom. The first kappa shape index (κ1) is 10.6. The molecule has 0 spiro atoms. The van der Waals surface area contributed by atoms with E-state index in [2.05, 4.69) is 14.7 Å². The number of ether oxygens (including phenoxy) is 1. The van der Waals surface area contributed by atoms with Crippen LogP contribution in [0.1, 0.15) is 10.5 Å². The quantitative estimate of drug-likeness (QED) is 0.797. The molecule has 2 heterocycles. The molecule has 0 aromatic carbocycles. The summed E-state index contributed by atoms with van der Waals surface area (Å²) in [4.78, 5) is 29.5. The Morgan fingerprint density at radius 1 is 1.56 bits per heavy atom. The number of esters is 1. The molecule has 0 atom stereocenters. The molecule has 0 fully saturated rings. The van der Waals surface area contributed by atoms with Gasteiger partial charge >= 0.3 is 11.7 Å². The van der Waals surface area contributed by atoms with Crippen LogP contribution in [0, 0.1) is 0 Å². The molecule has 0 amide bonds. The highest BCUT2D eigenvalue weighted by molar-refractivity contribution is 7.13. The fraction of sp³-hybridized carbons (Fsp3) is 0.100. The van der Waals surface area contributed by atoms with E-state index in [1.807, 2.05) is 17.5 Å². The Bertz CT molecular complexity index is 560. The van der Waals surface area contributed by atoms with Gasteiger partial charge in [-0.25, -0.2) is 9.59 Å². The molecule has 0 aliphatic heterocycles. The zero-order valence-corrected chi connectivity index (χ0v) is 9.21. The van der Waals surface area contributed by atoms with Crippen LogP contribution in [0.4, 0.5) is 0 Å². The first-order valence-electron chi connectivity index (χ1n) is 4.44. The molecule has 0 aliphatic rings. The highest BCUT2D eigenvalue weighted by atomic mass is 32.1. The Kier molecular flexibility index (Phi) is 2.82. The smallest absolute Gasteiger partial charge is 0.356 e. The number of methoxy groups -OCH3 is 1. The summed E-state index contributed by atoms with van der Waals surface area (Å²) < 4.78 is 4.51. The number of rotatable bonds is 2. The van der Waals surface area contributed by atoms with Gasteiger partial charge in [-0.3, -0.25) is 0 Å². The normalized spacial score (nSPS) is 10.1. The van der Waals surface area contributed by atoms with Crippen molar-refractivity contribution in [3.05, 3.63) is 39.8 Å². The molecule has 0 aliphatic carbocycles. The number of carbonyl (C=O) groups excluding carboxylic acids is 1. The van der Waals surface area contributed by atoms with Crippen molar-refractivity contribution in [2.24, 2.45) is 0 Å². The van der Waals surface area contributed by atoms with Crippen molar-refractivity contribution in [3.8, 4) is 10.6 Å². The Balaban J connectivity index is 2.53. The topological polar surface area (TPSA) is 72.1 Å². The lowest BCUT2D eigenvalue weighted by molar-refractivity contribution is 0.0593. The fourth-order valence-corrected chi connectivity index (χ4v) is 1.93. The Hall–Kier alpha value is -1.95. The maximum Gasteiger partial charge on any atom is 0.356 e. The third-order valence-electron chi connectivity index (χ3n) is 1.93. The summed E-state index contributed by atoms with van der Waals surface area (Å²) in [5.41, 5.74) is 0.0105. The van der Waals surface area contributed by atoms with Gasteiger partial charge in [0.15, 0.2) is 5.69 Å². The van der Waals surface area contributed by atoms with E-state index in [4.69, 9.17) is 0 Å². The molecule has 82 valence electrons. The van der Waals surface area contributed by atoms with Crippen LogP contribution in [0.5, 0.6) is 0 Å². The number of carbonyl (C=O) groups is 1. The second-order valence-corrected chi connectivity index (χ2v) is 3.90. The number of aromatic amines is 1. The minimum Gasteiger partial charge on any atom is -0.464 e. The Morgan fingerprint density at radius 2 is 2.38 bits per heavy atom. The van der Waals surface area contributed by atoms with Gasteiger partial charge in [0.2, 0.25) is 0 Å². The van der Waals surface area contributed by atoms with Crippen molar-refractivity contribution in [1.29, 1.82) is 0 Å². The zero-order chi connectivity index (χ0) is 11.5. The molecular formula is C10H8N2O3S. The molecule has 2 aromatic rings. The van der Waals surface area contributed by atoms with E-state index in [0.717, 1.165) is 4.88 Å². The largest absolute Gasteiger partial charge is 0.464 e. The summed E-state index contributed by atoms with van der Waals surface area (Å²) in [6, 6.07) is 5.20. The first-order valence-corrected chi connectivity index (χ1v) is 5.32. The van der Waals surface area contributed by atoms with E-state index in [0.29, 0.717) is 5.69 Å². The lowest BCUT2D eigenvalue weighted by atomic mass is 10.3. The van der Waals surface area contributed by atoms with Crippen LogP contribution < -0.4 is 5.69 Å². The number of H-pyrrole nitrogens is 1. The van der Waals surface area contributed by atoms with Gasteiger partial charge in [0.1, 0.15) is 0 Å². The lowest BCUT2D eigenvalue weighted by Gasteiger charge is -2.00. The van der Waals surface area contributed by atoms with Crippen molar-refractivity contribution in [2.75, 3.05) is 7.11 Å². The van der Waals surface area contributed by atoms with Gasteiger partial charge in [0.25, 0.3) is 0 Å². The molecule has 2 rings (SSSR count). The zero-order valence-electron chi connectivity index (χ0n) is 8.39. The van der Waals surface area contributed by atoms with E-state index in [-0.39, 0.29) is 5.69 Å². The van der Waals surface area contributed by atoms with E-state index >= 15 is 0 Å². The highest BCUT2D eigenvalue weighted by Crippen LogP contribution is 2.21. The number of hydrogen-bond donors (Lipinski definition) is 1. The van der Waals surface area contributed by atoms with Crippen molar-refractivity contribution >= 4 is 17.3 Å². The van der Waals surface area contributed by atoms with Crippen LogP contribution in [0.25, 0.3) is 10.6 Å². The summed E-state index contributed by atoms with van der Waals surface area (Å²) in [5.74, 6) is -0.621. The standard InChI is InChI=1S/C10H8N2O3S/c1-15-9(13)7-5-6(11-10(14)12-7)8-3-2-4-16-8/h2-5H,1H3,(H,11,12,14). The summed E-state index contributed by atoms with van der Waals surface area (Å²) in [6.07, 6.45) is 0. The molecule has 0 saturated heterocycles. The van der Waals surface area contributed by atoms with Crippen LogP contribution >= 0.6 is 11.3 Å². The van der Waals surface area contributed by atoms with Gasteiger partial charge in [-0.05, 0) is 17.5 Å². The predicted octanol–water partition coefficient (Wildman–Crippen LogP) is 1.28. The maximum atomic E-state index is 11.3. The molecule has 16 heavy (non-hydrogen) atoms. The third kappa shape index (κ3) is 2.01. The summed E-state index contributed by atoms with van der Waals surface area (Å²) in [6.45, 7) is 0. The van der Waals surface area contributed by atoms with Crippen LogP contribution in [-0.2, 0) is 4.74 Å². The average Bonchev–Trinajstić information content (AvgIpc) is 2.80. The van der Waals surface area contributed by atoms with Crippen molar-refractivity contribution < 1.29 is 9.53 Å². The average molecular weight is 236 g/mol. The predicted molar refractivity (Wildman–Crippen MR) is 59.5 cm³/mol. The third-order valence-corrected chi connectivity index (χ3v) is 2.83. The number of hydrogen-bond acceptors (Lipinski definition) is 5. The molecule has 2 aromatic heterocycles. The minimum absolute atomic E-state index is 0.00894. The molecule has 0 saturated carbocycles. The Labute approximate surface area is 94.7 Å². The van der Waals surface area contributed by atoms with Gasteiger partial charge in [-0.1, -0.05) is 6.07 Å². The van der Waals surface area contributed by atoms with Crippen LogP contribution in [0.15, 0.2) is 28.4 Å². The van der Waals surface area contributed by atoms with Crippen LogP contribution in [-0.4, -0.2) is 23.0 Å². The van der Waals surface area contributed by atoms with E-state index < -0.39 is 11.7 Å². The summed E-state index contributed by atoms with van der Waals surface area (Å²) in [5, 5.41) is 1.88. The summed E-state index contributed by atoms with van der Waals surface area (Å²) in [7, 11) is 1.25. The molecular weight excluding hydrogens is 228 g/mol. The van der Waals surface area contributed by atoms with E-state index in [1.165, 1.54) is 24.5 Å². The number of nitrogens with zero attached hydrogens (tertiary/aromatic N) is 1. The van der Waals surface area contributed by atoms with Gasteiger partial charge in [-0.15, -0.1) is 11.3 Å². The van der Waals surface area contributed by atoms with Gasteiger partial charge in [0.05, 0.1) is 17.7 Å². The molecule has 6 heteroatoms. The lowest BCUT2D eigenvalue weighted by Crippen LogP contribution is -2.17. The van der Waals surface area contributed by atoms with Gasteiger partial charge in [-0.2, -0.15) is 4.98 Å². The molecule has 5 nitrogen and oxygen atoms in total. The SMILES string of the molecule is COC(=O)c1cc(-c2cccs2)[nH]c(=O)n1. The second kappa shape index (κ2) is 4.28. The maximum absolute atomic E-state index is 11.3. The van der Waals surface area contributed by atoms with Crippen molar-refractivity contribution in [2.45, 2.75) is 0 Å². The molecule has 0 unspecified atom stereocenters. The van der Waals surface area contributed by atoms with E-state index in [1.54, 1.807) is 0 Å². The van der Waals surface area contributed by atoms with E-state index in [9.17, 15) is 9.59 Å². The minimum atomic E-state index is -0.621. The number of nitrogens with one attached hydrogen (secondary N) is 1. The number of aromatic nitrogens is 2. The molecule has 0 bridgehead atoms. The number of thiophene rings is 1. The van der Waals surface area contributed by atoms with Crippen LogP contribution in [0.2, 0.25) is 0 Å². The van der Waals surface area contributed by atoms with Crippen molar-refractivity contribution in [3.63, 3.8) is 0 Å². The summed E-state index contributed by atoms with van der Waals surface area (Å²) >= 11 is 1.46. The van der Waals surface area contributed by atoms with Gasteiger partial charge < -0.3 is 9.72 Å². The monoisotopic (exact) mass is 236 g/mol. The van der Waals surface area contributed by atoms with Crippen LogP contribution in [0.3, 0.4) is 0 Å². The van der Waals surface area contributed by atoms with Gasteiger partial charge in [0, 0.05) is 0 Å².